The Labute approximate surface area is 62.1 Å². The Kier molecular flexibility index (Phi) is 1.53. The van der Waals surface area contributed by atoms with Gasteiger partial charge in [0.1, 0.15) is 0 Å². The summed E-state index contributed by atoms with van der Waals surface area (Å²) < 4.78 is 5.56. The lowest BCUT2D eigenvalue weighted by Crippen LogP contribution is -2.20. The zero-order valence-corrected chi connectivity index (χ0v) is 6.31. The second-order valence-corrected chi connectivity index (χ2v) is 3.45. The molecule has 2 rings (SSSR count). The number of hydrogen-bond acceptors (Lipinski definition) is 1. The molecule has 0 spiro atoms. The van der Waals surface area contributed by atoms with E-state index in [0.29, 0.717) is 6.10 Å². The molecule has 0 aromatic rings. The zero-order valence-electron chi connectivity index (χ0n) is 6.31. The first kappa shape index (κ1) is 6.41. The molecule has 0 N–H and O–H groups in total. The Hall–Kier alpha value is -0.300. The average Bonchev–Trinajstić information content (AvgIpc) is 2.33. The maximum Gasteiger partial charge on any atom is 0.0610 e. The van der Waals surface area contributed by atoms with Crippen LogP contribution in [-0.2, 0) is 4.74 Å². The minimum absolute atomic E-state index is 0.588. The quantitative estimate of drug-likeness (QED) is 0.466. The van der Waals surface area contributed by atoms with Crippen LogP contribution in [0.25, 0.3) is 0 Å². The van der Waals surface area contributed by atoms with Crippen molar-refractivity contribution in [3.05, 3.63) is 12.2 Å². The molecule has 1 aliphatic heterocycles. The monoisotopic (exact) mass is 138 g/mol. The van der Waals surface area contributed by atoms with Crippen LogP contribution in [0.5, 0.6) is 0 Å². The average molecular weight is 138 g/mol. The Morgan fingerprint density at radius 1 is 1.40 bits per heavy atom. The van der Waals surface area contributed by atoms with Gasteiger partial charge in [0.05, 0.1) is 6.10 Å². The topological polar surface area (TPSA) is 9.23 Å². The molecule has 0 aromatic heterocycles. The molecular formula is C9H14O. The molecule has 56 valence electrons. The predicted molar refractivity (Wildman–Crippen MR) is 40.8 cm³/mol. The van der Waals surface area contributed by atoms with Gasteiger partial charge in [0.15, 0.2) is 0 Å². The van der Waals surface area contributed by atoms with E-state index in [0.717, 1.165) is 12.5 Å². The van der Waals surface area contributed by atoms with Gasteiger partial charge in [-0.2, -0.15) is 0 Å². The highest BCUT2D eigenvalue weighted by Gasteiger charge is 2.31. The van der Waals surface area contributed by atoms with E-state index >= 15 is 0 Å². The summed E-state index contributed by atoms with van der Waals surface area (Å²) >= 11 is 0. The van der Waals surface area contributed by atoms with E-state index in [2.05, 4.69) is 6.58 Å². The van der Waals surface area contributed by atoms with E-state index in [1.807, 2.05) is 0 Å². The molecule has 1 heterocycles. The van der Waals surface area contributed by atoms with Gasteiger partial charge in [-0.05, 0) is 31.6 Å². The molecule has 1 saturated carbocycles. The molecule has 1 saturated heterocycles. The number of allylic oxidation sites excluding steroid dienone is 1. The number of hydrogen-bond donors (Lipinski definition) is 0. The largest absolute Gasteiger partial charge is 0.378 e. The minimum atomic E-state index is 0.588. The smallest absolute Gasteiger partial charge is 0.0610 e. The van der Waals surface area contributed by atoms with Gasteiger partial charge in [-0.25, -0.2) is 0 Å². The minimum Gasteiger partial charge on any atom is -0.378 e. The fourth-order valence-electron chi connectivity index (χ4n) is 2.06. The van der Waals surface area contributed by atoms with E-state index in [1.54, 1.807) is 0 Å². The third-order valence-corrected chi connectivity index (χ3v) is 2.68. The van der Waals surface area contributed by atoms with Crippen molar-refractivity contribution in [3.8, 4) is 0 Å². The molecule has 2 atom stereocenters. The SMILES string of the molecule is C=C1CCC2OCCC2C1. The molecule has 0 amide bonds. The van der Waals surface area contributed by atoms with Gasteiger partial charge in [-0.15, -0.1) is 0 Å². The van der Waals surface area contributed by atoms with Gasteiger partial charge < -0.3 is 4.74 Å². The first-order valence-corrected chi connectivity index (χ1v) is 4.14. The van der Waals surface area contributed by atoms with Crippen LogP contribution in [0, 0.1) is 5.92 Å². The Balaban J connectivity index is 2.03. The molecular weight excluding hydrogens is 124 g/mol. The van der Waals surface area contributed by atoms with E-state index in [9.17, 15) is 0 Å². The highest BCUT2D eigenvalue weighted by atomic mass is 16.5. The van der Waals surface area contributed by atoms with Gasteiger partial charge in [0.2, 0.25) is 0 Å². The number of ether oxygens (including phenoxy) is 1. The number of fused-ring (bicyclic) bond motifs is 1. The maximum atomic E-state index is 5.56. The van der Waals surface area contributed by atoms with Crippen molar-refractivity contribution in [1.29, 1.82) is 0 Å². The van der Waals surface area contributed by atoms with Crippen LogP contribution in [0.1, 0.15) is 25.7 Å². The summed E-state index contributed by atoms with van der Waals surface area (Å²) in [6.45, 7) is 5.01. The summed E-state index contributed by atoms with van der Waals surface area (Å²) in [6.07, 6.45) is 5.50. The summed E-state index contributed by atoms with van der Waals surface area (Å²) in [5, 5.41) is 0. The molecule has 1 heteroatoms. The number of rotatable bonds is 0. The van der Waals surface area contributed by atoms with Crippen molar-refractivity contribution in [1.82, 2.24) is 0 Å². The van der Waals surface area contributed by atoms with Gasteiger partial charge in [-0.3, -0.25) is 0 Å². The molecule has 0 radical (unpaired) electrons. The molecule has 1 aliphatic carbocycles. The molecule has 2 fully saturated rings. The molecule has 0 aromatic carbocycles. The fraction of sp³-hybridized carbons (Fsp3) is 0.778. The van der Waals surface area contributed by atoms with Gasteiger partial charge in [-0.1, -0.05) is 12.2 Å². The van der Waals surface area contributed by atoms with Gasteiger partial charge >= 0.3 is 0 Å². The predicted octanol–water partition coefficient (Wildman–Crippen LogP) is 2.13. The van der Waals surface area contributed by atoms with E-state index in [4.69, 9.17) is 4.74 Å². The van der Waals surface area contributed by atoms with E-state index < -0.39 is 0 Å². The Morgan fingerprint density at radius 2 is 2.30 bits per heavy atom. The first-order valence-electron chi connectivity index (χ1n) is 4.14. The third kappa shape index (κ3) is 0.988. The normalized spacial score (nSPS) is 39.8. The summed E-state index contributed by atoms with van der Waals surface area (Å²) in [4.78, 5) is 0. The standard InChI is InChI=1S/C9H14O/c1-7-2-3-9-8(6-7)4-5-10-9/h8-9H,1-6H2. The van der Waals surface area contributed by atoms with Gasteiger partial charge in [0.25, 0.3) is 0 Å². The van der Waals surface area contributed by atoms with Crippen molar-refractivity contribution in [3.63, 3.8) is 0 Å². The maximum absolute atomic E-state index is 5.56. The Bertz CT molecular complexity index is 151. The third-order valence-electron chi connectivity index (χ3n) is 2.68. The summed E-state index contributed by atoms with van der Waals surface area (Å²) in [6, 6.07) is 0. The zero-order chi connectivity index (χ0) is 6.97. The van der Waals surface area contributed by atoms with Crippen LogP contribution in [-0.4, -0.2) is 12.7 Å². The lowest BCUT2D eigenvalue weighted by Gasteiger charge is -2.25. The van der Waals surface area contributed by atoms with Crippen molar-refractivity contribution in [2.24, 2.45) is 5.92 Å². The first-order chi connectivity index (χ1) is 4.86. The van der Waals surface area contributed by atoms with E-state index in [1.165, 1.54) is 31.3 Å². The van der Waals surface area contributed by atoms with Crippen molar-refractivity contribution in [2.45, 2.75) is 31.8 Å². The molecule has 2 aliphatic rings. The highest BCUT2D eigenvalue weighted by Crippen LogP contribution is 2.35. The van der Waals surface area contributed by atoms with Crippen molar-refractivity contribution in [2.75, 3.05) is 6.61 Å². The molecule has 0 bridgehead atoms. The van der Waals surface area contributed by atoms with Crippen LogP contribution in [0.15, 0.2) is 12.2 Å². The van der Waals surface area contributed by atoms with E-state index in [-0.39, 0.29) is 0 Å². The summed E-state index contributed by atoms with van der Waals surface area (Å²) in [5.41, 5.74) is 1.44. The van der Waals surface area contributed by atoms with Crippen molar-refractivity contribution >= 4 is 0 Å². The lowest BCUT2D eigenvalue weighted by atomic mass is 9.84. The second kappa shape index (κ2) is 2.39. The summed E-state index contributed by atoms with van der Waals surface area (Å²) in [7, 11) is 0. The van der Waals surface area contributed by atoms with Crippen LogP contribution in [0.3, 0.4) is 0 Å². The second-order valence-electron chi connectivity index (χ2n) is 3.45. The molecule has 1 nitrogen and oxygen atoms in total. The van der Waals surface area contributed by atoms with Gasteiger partial charge in [0, 0.05) is 6.61 Å². The van der Waals surface area contributed by atoms with Crippen LogP contribution >= 0.6 is 0 Å². The van der Waals surface area contributed by atoms with Crippen LogP contribution < -0.4 is 0 Å². The highest BCUT2D eigenvalue weighted by molar-refractivity contribution is 5.03. The van der Waals surface area contributed by atoms with Crippen molar-refractivity contribution < 1.29 is 4.74 Å². The van der Waals surface area contributed by atoms with Crippen LogP contribution in [0.4, 0.5) is 0 Å². The Morgan fingerprint density at radius 3 is 3.20 bits per heavy atom. The lowest BCUT2D eigenvalue weighted by molar-refractivity contribution is 0.0756. The molecule has 10 heavy (non-hydrogen) atoms. The summed E-state index contributed by atoms with van der Waals surface area (Å²) in [5.74, 6) is 0.821. The fourth-order valence-corrected chi connectivity index (χ4v) is 2.06. The molecule has 2 unspecified atom stereocenters. The van der Waals surface area contributed by atoms with Crippen LogP contribution in [0.2, 0.25) is 0 Å².